The number of benzene rings is 1. The molecule has 0 spiro atoms. The van der Waals surface area contributed by atoms with Gasteiger partial charge in [-0.1, -0.05) is 12.1 Å². The molecule has 1 saturated heterocycles. The van der Waals surface area contributed by atoms with Gasteiger partial charge in [0.2, 0.25) is 5.91 Å². The summed E-state index contributed by atoms with van der Waals surface area (Å²) in [5, 5.41) is 6.51. The Kier molecular flexibility index (Phi) is 6.58. The third-order valence-electron chi connectivity index (χ3n) is 4.17. The fraction of sp³-hybridized carbons (Fsp3) is 0.588. The predicted molar refractivity (Wildman–Crippen MR) is 89.6 cm³/mol. The molecule has 1 heterocycles. The average molecular weight is 306 g/mol. The molecule has 1 amide bonds. The minimum absolute atomic E-state index is 0.0814. The van der Waals surface area contributed by atoms with Crippen LogP contribution in [0.4, 0.5) is 0 Å². The van der Waals surface area contributed by atoms with Gasteiger partial charge in [0, 0.05) is 11.3 Å². The van der Waals surface area contributed by atoms with E-state index >= 15 is 0 Å². The van der Waals surface area contributed by atoms with E-state index in [0.29, 0.717) is 12.3 Å². The first-order chi connectivity index (χ1) is 10.2. The topological polar surface area (TPSA) is 41.1 Å². The molecular weight excluding hydrogens is 280 g/mol. The van der Waals surface area contributed by atoms with Crippen molar-refractivity contribution in [2.24, 2.45) is 5.92 Å². The van der Waals surface area contributed by atoms with Gasteiger partial charge in [0.1, 0.15) is 0 Å². The van der Waals surface area contributed by atoms with Crippen molar-refractivity contribution in [3.05, 3.63) is 29.8 Å². The van der Waals surface area contributed by atoms with Crippen molar-refractivity contribution in [1.29, 1.82) is 0 Å². The van der Waals surface area contributed by atoms with E-state index < -0.39 is 0 Å². The standard InChI is InChI=1S/C17H26N2OS/c1-13(15-6-8-16(21-2)9-7-15)19-17(20)10-5-14-4-3-11-18-12-14/h6-9,13-14,18H,3-5,10-12H2,1-2H3,(H,19,20). The molecule has 2 N–H and O–H groups in total. The van der Waals surface area contributed by atoms with Crippen molar-refractivity contribution in [2.75, 3.05) is 19.3 Å². The van der Waals surface area contributed by atoms with E-state index in [1.807, 2.05) is 6.92 Å². The summed E-state index contributed by atoms with van der Waals surface area (Å²) in [6, 6.07) is 8.49. The maximum absolute atomic E-state index is 12.1. The second-order valence-corrected chi connectivity index (χ2v) is 6.69. The lowest BCUT2D eigenvalue weighted by molar-refractivity contribution is -0.122. The van der Waals surface area contributed by atoms with E-state index in [4.69, 9.17) is 0 Å². The van der Waals surface area contributed by atoms with Crippen LogP contribution in [0.15, 0.2) is 29.2 Å². The van der Waals surface area contributed by atoms with Gasteiger partial charge in [-0.05, 0) is 69.1 Å². The number of piperidine rings is 1. The quantitative estimate of drug-likeness (QED) is 0.792. The lowest BCUT2D eigenvalue weighted by atomic mass is 9.94. The van der Waals surface area contributed by atoms with Crippen LogP contribution in [-0.4, -0.2) is 25.3 Å². The molecule has 2 rings (SSSR count). The van der Waals surface area contributed by atoms with Gasteiger partial charge in [0.05, 0.1) is 6.04 Å². The molecule has 1 aliphatic rings. The Balaban J connectivity index is 1.75. The van der Waals surface area contributed by atoms with Crippen molar-refractivity contribution in [1.82, 2.24) is 10.6 Å². The molecule has 0 aromatic heterocycles. The van der Waals surface area contributed by atoms with Crippen LogP contribution in [-0.2, 0) is 4.79 Å². The Labute approximate surface area is 132 Å². The van der Waals surface area contributed by atoms with Gasteiger partial charge in [0.25, 0.3) is 0 Å². The van der Waals surface area contributed by atoms with E-state index in [0.717, 1.165) is 19.5 Å². The van der Waals surface area contributed by atoms with Crippen molar-refractivity contribution in [3.8, 4) is 0 Å². The average Bonchev–Trinajstić information content (AvgIpc) is 2.54. The molecule has 116 valence electrons. The summed E-state index contributed by atoms with van der Waals surface area (Å²) in [6.45, 7) is 4.25. The molecule has 0 radical (unpaired) electrons. The fourth-order valence-corrected chi connectivity index (χ4v) is 3.20. The summed E-state index contributed by atoms with van der Waals surface area (Å²) in [5.41, 5.74) is 1.17. The molecule has 0 saturated carbocycles. The number of amides is 1. The summed E-state index contributed by atoms with van der Waals surface area (Å²) < 4.78 is 0. The normalized spacial score (nSPS) is 20.0. The molecule has 1 fully saturated rings. The van der Waals surface area contributed by atoms with Crippen LogP contribution in [0.1, 0.15) is 44.2 Å². The lowest BCUT2D eigenvalue weighted by Crippen LogP contribution is -2.31. The second-order valence-electron chi connectivity index (χ2n) is 5.81. The van der Waals surface area contributed by atoms with E-state index in [9.17, 15) is 4.79 Å². The number of rotatable bonds is 6. The number of hydrogen-bond donors (Lipinski definition) is 2. The van der Waals surface area contributed by atoms with Crippen LogP contribution in [0.2, 0.25) is 0 Å². The molecule has 0 bridgehead atoms. The zero-order chi connectivity index (χ0) is 15.1. The lowest BCUT2D eigenvalue weighted by Gasteiger charge is -2.22. The highest BCUT2D eigenvalue weighted by Crippen LogP contribution is 2.20. The number of nitrogens with one attached hydrogen (secondary N) is 2. The number of hydrogen-bond acceptors (Lipinski definition) is 3. The SMILES string of the molecule is CSc1ccc(C(C)NC(=O)CCC2CCCNC2)cc1. The number of carbonyl (C=O) groups is 1. The second kappa shape index (κ2) is 8.44. The van der Waals surface area contributed by atoms with Crippen molar-refractivity contribution >= 4 is 17.7 Å². The minimum Gasteiger partial charge on any atom is -0.350 e. The molecule has 0 aliphatic carbocycles. The Morgan fingerprint density at radius 2 is 2.19 bits per heavy atom. The summed E-state index contributed by atoms with van der Waals surface area (Å²) >= 11 is 1.73. The van der Waals surface area contributed by atoms with Gasteiger partial charge in [-0.3, -0.25) is 4.79 Å². The summed E-state index contributed by atoms with van der Waals surface area (Å²) in [7, 11) is 0. The monoisotopic (exact) mass is 306 g/mol. The summed E-state index contributed by atoms with van der Waals surface area (Å²) in [5.74, 6) is 0.836. The maximum Gasteiger partial charge on any atom is 0.220 e. The largest absolute Gasteiger partial charge is 0.350 e. The zero-order valence-electron chi connectivity index (χ0n) is 13.0. The van der Waals surface area contributed by atoms with Crippen molar-refractivity contribution < 1.29 is 4.79 Å². The Bertz CT molecular complexity index is 441. The van der Waals surface area contributed by atoms with Gasteiger partial charge in [-0.15, -0.1) is 11.8 Å². The predicted octanol–water partition coefficient (Wildman–Crippen LogP) is 3.37. The van der Waals surface area contributed by atoms with Crippen molar-refractivity contribution in [2.45, 2.75) is 43.5 Å². The van der Waals surface area contributed by atoms with E-state index in [2.05, 4.69) is 41.2 Å². The Morgan fingerprint density at radius 1 is 1.43 bits per heavy atom. The van der Waals surface area contributed by atoms with Gasteiger partial charge in [-0.2, -0.15) is 0 Å². The first kappa shape index (κ1) is 16.4. The number of thioether (sulfide) groups is 1. The third-order valence-corrected chi connectivity index (χ3v) is 4.92. The summed E-state index contributed by atoms with van der Waals surface area (Å²) in [4.78, 5) is 13.3. The van der Waals surface area contributed by atoms with Gasteiger partial charge >= 0.3 is 0 Å². The molecular formula is C17H26N2OS. The highest BCUT2D eigenvalue weighted by atomic mass is 32.2. The van der Waals surface area contributed by atoms with Crippen LogP contribution in [0.3, 0.4) is 0 Å². The molecule has 2 atom stereocenters. The maximum atomic E-state index is 12.1. The minimum atomic E-state index is 0.0814. The fourth-order valence-electron chi connectivity index (χ4n) is 2.80. The van der Waals surface area contributed by atoms with Gasteiger partial charge < -0.3 is 10.6 Å². The first-order valence-electron chi connectivity index (χ1n) is 7.83. The highest BCUT2D eigenvalue weighted by molar-refractivity contribution is 7.98. The van der Waals surface area contributed by atoms with Gasteiger partial charge in [0.15, 0.2) is 0 Å². The third kappa shape index (κ3) is 5.36. The molecule has 2 unspecified atom stereocenters. The molecule has 21 heavy (non-hydrogen) atoms. The Hall–Kier alpha value is -1.00. The van der Waals surface area contributed by atoms with Crippen LogP contribution in [0.25, 0.3) is 0 Å². The highest BCUT2D eigenvalue weighted by Gasteiger charge is 2.15. The molecule has 3 nitrogen and oxygen atoms in total. The number of carbonyl (C=O) groups excluding carboxylic acids is 1. The van der Waals surface area contributed by atoms with Crippen LogP contribution < -0.4 is 10.6 Å². The molecule has 1 aromatic rings. The van der Waals surface area contributed by atoms with E-state index in [-0.39, 0.29) is 11.9 Å². The van der Waals surface area contributed by atoms with Crippen LogP contribution >= 0.6 is 11.8 Å². The smallest absolute Gasteiger partial charge is 0.220 e. The molecule has 1 aliphatic heterocycles. The molecule has 1 aromatic carbocycles. The summed E-state index contributed by atoms with van der Waals surface area (Å²) in [6.07, 6.45) is 6.20. The van der Waals surface area contributed by atoms with Crippen LogP contribution in [0, 0.1) is 5.92 Å². The molecule has 4 heteroatoms. The van der Waals surface area contributed by atoms with Crippen molar-refractivity contribution in [3.63, 3.8) is 0 Å². The zero-order valence-corrected chi connectivity index (χ0v) is 13.8. The Morgan fingerprint density at radius 3 is 2.81 bits per heavy atom. The van der Waals surface area contributed by atoms with E-state index in [1.54, 1.807) is 11.8 Å². The first-order valence-corrected chi connectivity index (χ1v) is 9.05. The van der Waals surface area contributed by atoms with E-state index in [1.165, 1.54) is 23.3 Å². The van der Waals surface area contributed by atoms with Crippen LogP contribution in [0.5, 0.6) is 0 Å². The van der Waals surface area contributed by atoms with Gasteiger partial charge in [-0.25, -0.2) is 0 Å².